The molecule has 2 N–H and O–H groups in total. The van der Waals surface area contributed by atoms with Gasteiger partial charge in [-0.3, -0.25) is 9.59 Å². The van der Waals surface area contributed by atoms with Gasteiger partial charge in [-0.15, -0.1) is 23.1 Å². The van der Waals surface area contributed by atoms with Gasteiger partial charge in [0, 0.05) is 21.9 Å². The number of thiophene rings is 1. The zero-order valence-electron chi connectivity index (χ0n) is 16.3. The monoisotopic (exact) mass is 430 g/mol. The number of amides is 2. The molecule has 1 aromatic carbocycles. The molecule has 2 aromatic rings. The number of esters is 1. The maximum absolute atomic E-state index is 13.1. The molecule has 2 aliphatic rings. The quantitative estimate of drug-likeness (QED) is 0.452. The first-order valence-corrected chi connectivity index (χ1v) is 11.2. The Hall–Kier alpha value is -2.32. The van der Waals surface area contributed by atoms with Crippen molar-refractivity contribution in [1.82, 2.24) is 0 Å². The lowest BCUT2D eigenvalue weighted by Gasteiger charge is -2.18. The number of benzene rings is 1. The van der Waals surface area contributed by atoms with Crippen molar-refractivity contribution in [3.8, 4) is 0 Å². The first-order chi connectivity index (χ1) is 13.9. The number of hydrogen-bond acceptors (Lipinski definition) is 7. The molecule has 2 unspecified atom stereocenters. The molecule has 2 amide bonds. The van der Waals surface area contributed by atoms with E-state index in [-0.39, 0.29) is 18.2 Å². The van der Waals surface area contributed by atoms with Crippen molar-refractivity contribution in [3.63, 3.8) is 0 Å². The molecule has 29 heavy (non-hydrogen) atoms. The summed E-state index contributed by atoms with van der Waals surface area (Å²) in [6.07, 6.45) is 2.69. The molecule has 1 saturated heterocycles. The number of ether oxygens (including phenoxy) is 1. The molecule has 1 aliphatic heterocycles. The highest BCUT2D eigenvalue weighted by Crippen LogP contribution is 2.44. The molecule has 2 heterocycles. The minimum absolute atomic E-state index is 0.105. The topological polar surface area (TPSA) is 89.7 Å². The number of methoxy groups -OCH3 is 1. The van der Waals surface area contributed by atoms with Gasteiger partial charge in [0.15, 0.2) is 0 Å². The zero-order chi connectivity index (χ0) is 20.7. The molecule has 0 spiro atoms. The molecule has 0 radical (unpaired) electrons. The summed E-state index contributed by atoms with van der Waals surface area (Å²) in [5.74, 6) is -0.533. The van der Waals surface area contributed by atoms with Crippen LogP contribution in [0.25, 0.3) is 0 Å². The van der Waals surface area contributed by atoms with E-state index >= 15 is 0 Å². The van der Waals surface area contributed by atoms with Crippen molar-refractivity contribution in [2.45, 2.75) is 42.8 Å². The van der Waals surface area contributed by atoms with E-state index in [4.69, 9.17) is 10.5 Å². The first-order valence-electron chi connectivity index (χ1n) is 9.51. The van der Waals surface area contributed by atoms with E-state index in [1.165, 1.54) is 35.1 Å². The molecule has 0 saturated carbocycles. The van der Waals surface area contributed by atoms with Crippen molar-refractivity contribution < 1.29 is 19.1 Å². The third-order valence-corrected chi connectivity index (χ3v) is 7.79. The number of anilines is 2. The highest BCUT2D eigenvalue weighted by Gasteiger charge is 2.44. The second-order valence-electron chi connectivity index (χ2n) is 7.47. The normalized spacial score (nSPS) is 21.4. The summed E-state index contributed by atoms with van der Waals surface area (Å²) < 4.78 is 4.99. The summed E-state index contributed by atoms with van der Waals surface area (Å²) in [4.78, 5) is 41.6. The van der Waals surface area contributed by atoms with Crippen LogP contribution in [-0.2, 0) is 27.2 Å². The van der Waals surface area contributed by atoms with Crippen molar-refractivity contribution >= 4 is 51.6 Å². The Labute approximate surface area is 177 Å². The third kappa shape index (κ3) is 3.67. The van der Waals surface area contributed by atoms with Gasteiger partial charge in [0.2, 0.25) is 11.8 Å². The average Bonchev–Trinajstić information content (AvgIpc) is 3.19. The molecule has 6 nitrogen and oxygen atoms in total. The number of imide groups is 1. The molecule has 1 fully saturated rings. The minimum atomic E-state index is -0.519. The number of thioether (sulfide) groups is 1. The largest absolute Gasteiger partial charge is 0.465 e. The second kappa shape index (κ2) is 7.84. The maximum Gasteiger partial charge on any atom is 0.341 e. The van der Waals surface area contributed by atoms with E-state index in [9.17, 15) is 14.4 Å². The summed E-state index contributed by atoms with van der Waals surface area (Å²) in [5, 5.41) is -0.0963. The van der Waals surface area contributed by atoms with Crippen LogP contribution in [0.2, 0.25) is 0 Å². The number of nitrogen functional groups attached to an aromatic ring is 1. The van der Waals surface area contributed by atoms with Gasteiger partial charge >= 0.3 is 5.97 Å². The number of carbonyl (C=O) groups excluding carboxylic acids is 3. The second-order valence-corrected chi connectivity index (χ2v) is 9.83. The fourth-order valence-electron chi connectivity index (χ4n) is 3.83. The average molecular weight is 431 g/mol. The van der Waals surface area contributed by atoms with Gasteiger partial charge in [-0.1, -0.05) is 6.92 Å². The minimum Gasteiger partial charge on any atom is -0.465 e. The Bertz CT molecular complexity index is 983. The van der Waals surface area contributed by atoms with Crippen LogP contribution >= 0.6 is 23.1 Å². The van der Waals surface area contributed by atoms with Gasteiger partial charge in [0.25, 0.3) is 0 Å². The zero-order valence-corrected chi connectivity index (χ0v) is 17.9. The van der Waals surface area contributed by atoms with E-state index in [0.29, 0.717) is 22.2 Å². The van der Waals surface area contributed by atoms with Crippen LogP contribution in [0.3, 0.4) is 0 Å². The molecule has 1 aliphatic carbocycles. The van der Waals surface area contributed by atoms with Crippen LogP contribution in [-0.4, -0.2) is 30.1 Å². The van der Waals surface area contributed by atoms with Crippen molar-refractivity contribution in [1.29, 1.82) is 0 Å². The van der Waals surface area contributed by atoms with Crippen LogP contribution in [0.5, 0.6) is 0 Å². The van der Waals surface area contributed by atoms with Gasteiger partial charge in [-0.05, 0) is 55.0 Å². The van der Waals surface area contributed by atoms with Crippen LogP contribution in [0, 0.1) is 5.92 Å². The predicted octanol–water partition coefficient (Wildman–Crippen LogP) is 3.67. The van der Waals surface area contributed by atoms with Crippen molar-refractivity contribution in [2.24, 2.45) is 5.92 Å². The maximum atomic E-state index is 13.1. The Morgan fingerprint density at radius 2 is 1.97 bits per heavy atom. The van der Waals surface area contributed by atoms with E-state index in [2.05, 4.69) is 6.92 Å². The number of rotatable bonds is 4. The molecule has 152 valence electrons. The fourth-order valence-corrected chi connectivity index (χ4v) is 6.40. The summed E-state index contributed by atoms with van der Waals surface area (Å²) in [6, 6.07) is 7.22. The van der Waals surface area contributed by atoms with Gasteiger partial charge in [0.1, 0.15) is 5.00 Å². The van der Waals surface area contributed by atoms with Crippen LogP contribution in [0.1, 0.15) is 40.6 Å². The number of hydrogen-bond donors (Lipinski definition) is 1. The van der Waals surface area contributed by atoms with Crippen LogP contribution in [0.15, 0.2) is 29.2 Å². The molecule has 1 aromatic heterocycles. The molecule has 4 rings (SSSR count). The highest BCUT2D eigenvalue weighted by molar-refractivity contribution is 8.00. The van der Waals surface area contributed by atoms with Gasteiger partial charge < -0.3 is 10.5 Å². The SMILES string of the molecule is COC(=O)c1c(N2C(=O)CC(Sc3ccc(N)cc3)C2=O)sc2c1CCC(C)C2. The summed E-state index contributed by atoms with van der Waals surface area (Å²) in [6.45, 7) is 2.17. The van der Waals surface area contributed by atoms with E-state index < -0.39 is 11.2 Å². The summed E-state index contributed by atoms with van der Waals surface area (Å²) in [5.41, 5.74) is 7.68. The number of nitrogens with zero attached hydrogens (tertiary/aromatic N) is 1. The van der Waals surface area contributed by atoms with Crippen molar-refractivity contribution in [2.75, 3.05) is 17.7 Å². The standard InChI is InChI=1S/C21H22N2O4S2/c1-11-3-8-14-15(9-11)29-20(18(14)21(26)27-2)23-17(24)10-16(19(23)25)28-13-6-4-12(22)5-7-13/h4-7,11,16H,3,8-10,22H2,1-2H3. The molecule has 2 atom stereocenters. The van der Waals surface area contributed by atoms with Gasteiger partial charge in [-0.2, -0.15) is 0 Å². The summed E-state index contributed by atoms with van der Waals surface area (Å²) >= 11 is 2.73. The Morgan fingerprint density at radius 1 is 1.24 bits per heavy atom. The lowest BCUT2D eigenvalue weighted by Crippen LogP contribution is -2.31. The van der Waals surface area contributed by atoms with Gasteiger partial charge in [0.05, 0.1) is 17.9 Å². The Morgan fingerprint density at radius 3 is 2.66 bits per heavy atom. The number of carbonyl (C=O) groups is 3. The smallest absolute Gasteiger partial charge is 0.341 e. The summed E-state index contributed by atoms with van der Waals surface area (Å²) in [7, 11) is 1.33. The Balaban J connectivity index is 1.67. The fraction of sp³-hybridized carbons (Fsp3) is 0.381. The number of fused-ring (bicyclic) bond motifs is 1. The van der Waals surface area contributed by atoms with Crippen molar-refractivity contribution in [3.05, 3.63) is 40.3 Å². The van der Waals surface area contributed by atoms with Crippen LogP contribution in [0.4, 0.5) is 10.7 Å². The molecular formula is C21H22N2O4S2. The van der Waals surface area contributed by atoms with Crippen LogP contribution < -0.4 is 10.6 Å². The Kier molecular flexibility index (Phi) is 5.40. The van der Waals surface area contributed by atoms with E-state index in [0.717, 1.165) is 34.6 Å². The predicted molar refractivity (Wildman–Crippen MR) is 114 cm³/mol. The molecule has 0 bridgehead atoms. The number of nitrogens with two attached hydrogens (primary N) is 1. The third-order valence-electron chi connectivity index (χ3n) is 5.35. The first kappa shape index (κ1) is 20.0. The lowest BCUT2D eigenvalue weighted by atomic mass is 9.88. The molecule has 8 heteroatoms. The highest BCUT2D eigenvalue weighted by atomic mass is 32.2. The van der Waals surface area contributed by atoms with E-state index in [1.807, 2.05) is 12.1 Å². The lowest BCUT2D eigenvalue weighted by molar-refractivity contribution is -0.121. The van der Waals surface area contributed by atoms with E-state index in [1.54, 1.807) is 12.1 Å². The molecular weight excluding hydrogens is 408 g/mol. The van der Waals surface area contributed by atoms with Gasteiger partial charge in [-0.25, -0.2) is 9.69 Å².